The molecule has 2 fully saturated rings. The van der Waals surface area contributed by atoms with Crippen LogP contribution in [0.4, 0.5) is 0 Å². The molecule has 2 aliphatic heterocycles. The number of hydrogen-bond acceptors (Lipinski definition) is 4. The topological polar surface area (TPSA) is 30.9 Å². The zero-order chi connectivity index (χ0) is 14.7. The lowest BCUT2D eigenvalue weighted by molar-refractivity contribution is -0.0938. The third-order valence-corrected chi connectivity index (χ3v) is 4.65. The van der Waals surface area contributed by atoms with Gasteiger partial charge in [0.1, 0.15) is 5.75 Å². The van der Waals surface area contributed by atoms with E-state index in [0.717, 1.165) is 38.3 Å². The summed E-state index contributed by atoms with van der Waals surface area (Å²) >= 11 is 0. The molecule has 4 nitrogen and oxygen atoms in total. The fourth-order valence-corrected chi connectivity index (χ4v) is 3.56. The summed E-state index contributed by atoms with van der Waals surface area (Å²) in [6, 6.07) is 8.96. The molecule has 116 valence electrons. The van der Waals surface area contributed by atoms with Gasteiger partial charge in [0.05, 0.1) is 25.9 Å². The maximum absolute atomic E-state index is 6.17. The van der Waals surface area contributed by atoms with Gasteiger partial charge in [0.15, 0.2) is 0 Å². The molecule has 2 saturated heterocycles. The number of rotatable bonds is 5. The van der Waals surface area contributed by atoms with Gasteiger partial charge in [0.25, 0.3) is 0 Å². The van der Waals surface area contributed by atoms with E-state index in [4.69, 9.17) is 14.2 Å². The summed E-state index contributed by atoms with van der Waals surface area (Å²) in [5.74, 6) is 0.918. The maximum atomic E-state index is 6.17. The van der Waals surface area contributed by atoms with Gasteiger partial charge in [-0.3, -0.25) is 4.90 Å². The van der Waals surface area contributed by atoms with Crippen molar-refractivity contribution in [2.75, 3.05) is 27.4 Å². The molecule has 0 spiro atoms. The van der Waals surface area contributed by atoms with Gasteiger partial charge in [0, 0.05) is 26.2 Å². The molecule has 1 aromatic carbocycles. The standard InChI is InChI=1S/C17H25NO3/c1-19-12-15-7-8-16-17(21-15)9-10-18(16)11-13-3-5-14(20-2)6-4-13/h3-6,15-17H,7-12H2,1-2H3/t15-,16-,17-/m1/s1. The molecule has 0 bridgehead atoms. The molecule has 21 heavy (non-hydrogen) atoms. The molecule has 0 aliphatic carbocycles. The van der Waals surface area contributed by atoms with Crippen LogP contribution in [-0.2, 0) is 16.0 Å². The second kappa shape index (κ2) is 6.77. The van der Waals surface area contributed by atoms with Crippen molar-refractivity contribution in [3.8, 4) is 5.75 Å². The van der Waals surface area contributed by atoms with E-state index < -0.39 is 0 Å². The molecule has 3 atom stereocenters. The second-order valence-electron chi connectivity index (χ2n) is 6.00. The van der Waals surface area contributed by atoms with E-state index in [1.807, 2.05) is 12.1 Å². The molecule has 2 heterocycles. The molecule has 3 rings (SSSR count). The maximum Gasteiger partial charge on any atom is 0.118 e. The second-order valence-corrected chi connectivity index (χ2v) is 6.00. The van der Waals surface area contributed by atoms with Crippen molar-refractivity contribution in [1.29, 1.82) is 0 Å². The van der Waals surface area contributed by atoms with Gasteiger partial charge in [-0.05, 0) is 37.0 Å². The average molecular weight is 291 g/mol. The highest BCUT2D eigenvalue weighted by atomic mass is 16.5. The van der Waals surface area contributed by atoms with Gasteiger partial charge in [-0.1, -0.05) is 12.1 Å². The first-order chi connectivity index (χ1) is 10.3. The molecular weight excluding hydrogens is 266 g/mol. The molecule has 2 aliphatic rings. The van der Waals surface area contributed by atoms with Crippen molar-refractivity contribution in [3.63, 3.8) is 0 Å². The summed E-state index contributed by atoms with van der Waals surface area (Å²) in [6.45, 7) is 2.85. The summed E-state index contributed by atoms with van der Waals surface area (Å²) in [5.41, 5.74) is 1.34. The van der Waals surface area contributed by atoms with Crippen LogP contribution in [0, 0.1) is 0 Å². The average Bonchev–Trinajstić information content (AvgIpc) is 2.91. The van der Waals surface area contributed by atoms with E-state index in [-0.39, 0.29) is 6.10 Å². The van der Waals surface area contributed by atoms with E-state index in [9.17, 15) is 0 Å². The van der Waals surface area contributed by atoms with Crippen LogP contribution in [0.3, 0.4) is 0 Å². The predicted octanol–water partition coefficient (Wildman–Crippen LogP) is 2.46. The highest BCUT2D eigenvalue weighted by Gasteiger charge is 2.39. The minimum absolute atomic E-state index is 0.289. The van der Waals surface area contributed by atoms with Crippen LogP contribution in [-0.4, -0.2) is 50.5 Å². The van der Waals surface area contributed by atoms with Crippen LogP contribution in [0.2, 0.25) is 0 Å². The Morgan fingerprint density at radius 1 is 1.14 bits per heavy atom. The summed E-state index contributed by atoms with van der Waals surface area (Å²) < 4.78 is 16.6. The van der Waals surface area contributed by atoms with Crippen LogP contribution in [0.1, 0.15) is 24.8 Å². The van der Waals surface area contributed by atoms with E-state index in [1.54, 1.807) is 14.2 Å². The van der Waals surface area contributed by atoms with Gasteiger partial charge in [0.2, 0.25) is 0 Å². The van der Waals surface area contributed by atoms with Crippen LogP contribution in [0.25, 0.3) is 0 Å². The first kappa shape index (κ1) is 14.8. The molecule has 0 N–H and O–H groups in total. The van der Waals surface area contributed by atoms with Crippen LogP contribution < -0.4 is 4.74 Å². The van der Waals surface area contributed by atoms with Gasteiger partial charge >= 0.3 is 0 Å². The Bertz CT molecular complexity index is 448. The van der Waals surface area contributed by atoms with E-state index in [1.165, 1.54) is 12.0 Å². The van der Waals surface area contributed by atoms with Gasteiger partial charge in [-0.15, -0.1) is 0 Å². The molecule has 0 amide bonds. The molecule has 0 unspecified atom stereocenters. The van der Waals surface area contributed by atoms with Crippen molar-refractivity contribution in [2.45, 2.75) is 44.1 Å². The van der Waals surface area contributed by atoms with Gasteiger partial charge < -0.3 is 14.2 Å². The van der Waals surface area contributed by atoms with Gasteiger partial charge in [-0.2, -0.15) is 0 Å². The fourth-order valence-electron chi connectivity index (χ4n) is 3.56. The zero-order valence-corrected chi connectivity index (χ0v) is 13.0. The number of methoxy groups -OCH3 is 2. The Kier molecular flexibility index (Phi) is 4.78. The quantitative estimate of drug-likeness (QED) is 0.834. The normalized spacial score (nSPS) is 29.3. The highest BCUT2D eigenvalue weighted by molar-refractivity contribution is 5.27. The number of fused-ring (bicyclic) bond motifs is 1. The molecular formula is C17H25NO3. The van der Waals surface area contributed by atoms with E-state index in [2.05, 4.69) is 17.0 Å². The van der Waals surface area contributed by atoms with Crippen molar-refractivity contribution < 1.29 is 14.2 Å². The van der Waals surface area contributed by atoms with Crippen LogP contribution in [0.15, 0.2) is 24.3 Å². The summed E-state index contributed by atoms with van der Waals surface area (Å²) in [4.78, 5) is 2.56. The van der Waals surface area contributed by atoms with Gasteiger partial charge in [-0.25, -0.2) is 0 Å². The molecule has 4 heteroatoms. The molecule has 0 radical (unpaired) electrons. The molecule has 0 aromatic heterocycles. The van der Waals surface area contributed by atoms with E-state index in [0.29, 0.717) is 12.1 Å². The Labute approximate surface area is 127 Å². The summed E-state index contributed by atoms with van der Waals surface area (Å²) in [5, 5.41) is 0. The van der Waals surface area contributed by atoms with Crippen LogP contribution >= 0.6 is 0 Å². The number of benzene rings is 1. The first-order valence-corrected chi connectivity index (χ1v) is 7.81. The Morgan fingerprint density at radius 2 is 1.95 bits per heavy atom. The summed E-state index contributed by atoms with van der Waals surface area (Å²) in [6.07, 6.45) is 4.14. The Balaban J connectivity index is 1.58. The number of nitrogens with zero attached hydrogens (tertiary/aromatic N) is 1. The van der Waals surface area contributed by atoms with Crippen molar-refractivity contribution >= 4 is 0 Å². The first-order valence-electron chi connectivity index (χ1n) is 7.81. The number of hydrogen-bond donors (Lipinski definition) is 0. The molecule has 0 saturated carbocycles. The number of ether oxygens (including phenoxy) is 3. The largest absolute Gasteiger partial charge is 0.497 e. The van der Waals surface area contributed by atoms with Crippen molar-refractivity contribution in [1.82, 2.24) is 4.90 Å². The SMILES string of the molecule is COC[C@H]1CC[C@@H]2[C@@H](CCN2Cc2ccc(OC)cc2)O1. The van der Waals surface area contributed by atoms with Crippen molar-refractivity contribution in [3.05, 3.63) is 29.8 Å². The zero-order valence-electron chi connectivity index (χ0n) is 13.0. The monoisotopic (exact) mass is 291 g/mol. The third kappa shape index (κ3) is 3.39. The minimum atomic E-state index is 0.289. The highest BCUT2D eigenvalue weighted by Crippen LogP contribution is 2.32. The smallest absolute Gasteiger partial charge is 0.118 e. The number of likely N-dealkylation sites (tertiary alicyclic amines) is 1. The fraction of sp³-hybridized carbons (Fsp3) is 0.647. The lowest BCUT2D eigenvalue weighted by Gasteiger charge is -2.35. The van der Waals surface area contributed by atoms with Crippen molar-refractivity contribution in [2.24, 2.45) is 0 Å². The lowest BCUT2D eigenvalue weighted by Crippen LogP contribution is -2.43. The minimum Gasteiger partial charge on any atom is -0.497 e. The van der Waals surface area contributed by atoms with Crippen LogP contribution in [0.5, 0.6) is 5.75 Å². The predicted molar refractivity (Wildman–Crippen MR) is 81.6 cm³/mol. The summed E-state index contributed by atoms with van der Waals surface area (Å²) in [7, 11) is 3.45. The Hall–Kier alpha value is -1.10. The lowest BCUT2D eigenvalue weighted by atomic mass is 9.99. The molecule has 1 aromatic rings. The Morgan fingerprint density at radius 3 is 2.67 bits per heavy atom. The third-order valence-electron chi connectivity index (χ3n) is 4.65. The van der Waals surface area contributed by atoms with E-state index >= 15 is 0 Å².